The minimum atomic E-state index is -1.24. The molecule has 2 aliphatic rings. The van der Waals surface area contributed by atoms with Crippen LogP contribution in [0.1, 0.15) is 18.7 Å². The topological polar surface area (TPSA) is 126 Å². The number of hydrazine groups is 2. The second-order valence-corrected chi connectivity index (χ2v) is 9.25. The lowest BCUT2D eigenvalue weighted by Gasteiger charge is -2.49. The van der Waals surface area contributed by atoms with Crippen LogP contribution < -0.4 is 5.32 Å². The van der Waals surface area contributed by atoms with Gasteiger partial charge in [0.05, 0.1) is 13.0 Å². The minimum absolute atomic E-state index is 0.116. The lowest BCUT2D eigenvalue weighted by molar-refractivity contribution is -0.450. The molecule has 0 bridgehead atoms. The van der Waals surface area contributed by atoms with Crippen LogP contribution >= 0.6 is 23.1 Å². The molecule has 176 valence electrons. The summed E-state index contributed by atoms with van der Waals surface area (Å²) in [5.74, 6) is -1.66. The molecule has 0 radical (unpaired) electrons. The van der Waals surface area contributed by atoms with E-state index in [0.717, 1.165) is 15.3 Å². The highest BCUT2D eigenvalue weighted by atomic mass is 32.2. The number of thioether (sulfide) groups is 1. The summed E-state index contributed by atoms with van der Waals surface area (Å²) in [4.78, 5) is 44.5. The molecule has 1 aromatic heterocycles. The fourth-order valence-corrected chi connectivity index (χ4v) is 5.50. The van der Waals surface area contributed by atoms with Crippen LogP contribution in [0, 0.1) is 0 Å². The van der Waals surface area contributed by atoms with Crippen molar-refractivity contribution >= 4 is 40.9 Å². The smallest absolute Gasteiger partial charge is 0.352 e. The molecule has 0 aromatic carbocycles. The Bertz CT molecular complexity index is 876. The van der Waals surface area contributed by atoms with E-state index in [9.17, 15) is 24.7 Å². The van der Waals surface area contributed by atoms with Gasteiger partial charge in [-0.2, -0.15) is 0 Å². The van der Waals surface area contributed by atoms with E-state index in [1.54, 1.807) is 5.01 Å². The lowest BCUT2D eigenvalue weighted by Crippen LogP contribution is -2.70. The number of thiophene rings is 1. The Labute approximate surface area is 194 Å². The normalized spacial score (nSPS) is 20.7. The number of nitrogens with one attached hydrogen (secondary N) is 1. The summed E-state index contributed by atoms with van der Waals surface area (Å²) in [5, 5.41) is 27.5. The molecule has 2 aliphatic heterocycles. The number of hydrogen-bond donors (Lipinski definition) is 3. The van der Waals surface area contributed by atoms with Gasteiger partial charge in [-0.25, -0.2) is 9.80 Å². The highest BCUT2D eigenvalue weighted by Gasteiger charge is 2.54. The maximum atomic E-state index is 12.7. The number of fused-ring (bicyclic) bond motifs is 1. The van der Waals surface area contributed by atoms with Gasteiger partial charge in [0.1, 0.15) is 17.1 Å². The summed E-state index contributed by atoms with van der Waals surface area (Å²) in [7, 11) is 1.49. The average Bonchev–Trinajstić information content (AvgIpc) is 3.28. The van der Waals surface area contributed by atoms with Crippen molar-refractivity contribution < 1.29 is 29.5 Å². The largest absolute Gasteiger partial charge is 0.477 e. The number of rotatable bonds is 11. The number of carbonyl (C=O) groups excluding carboxylic acids is 2. The van der Waals surface area contributed by atoms with Gasteiger partial charge in [0.2, 0.25) is 5.91 Å². The van der Waals surface area contributed by atoms with E-state index in [4.69, 9.17) is 4.84 Å². The van der Waals surface area contributed by atoms with E-state index in [-0.39, 0.29) is 24.6 Å². The van der Waals surface area contributed by atoms with Gasteiger partial charge in [-0.15, -0.1) is 23.1 Å². The average molecular weight is 486 g/mol. The van der Waals surface area contributed by atoms with Crippen LogP contribution in [0.5, 0.6) is 0 Å². The molecule has 3 rings (SSSR count). The molecule has 0 saturated carbocycles. The molecule has 1 aromatic rings. The summed E-state index contributed by atoms with van der Waals surface area (Å²) >= 11 is 2.82. The number of carboxylic acids is 1. The highest BCUT2D eigenvalue weighted by Crippen LogP contribution is 2.40. The van der Waals surface area contributed by atoms with Crippen LogP contribution in [-0.4, -0.2) is 92.4 Å². The van der Waals surface area contributed by atoms with Crippen molar-refractivity contribution in [3.8, 4) is 0 Å². The number of hydroxylamine groups is 1. The Morgan fingerprint density at radius 3 is 2.66 bits per heavy atom. The first-order chi connectivity index (χ1) is 15.3. The SMILES string of the molecule is CCN(CC)N(O)N(C)OCC1=C(C(=O)O)N2C(=O)C(NC(=O)Cc3cccs3)C2SC1. The molecule has 2 atom stereocenters. The number of hydrogen-bond acceptors (Lipinski definition) is 10. The van der Waals surface area contributed by atoms with Gasteiger partial charge in [-0.3, -0.25) is 24.5 Å². The summed E-state index contributed by atoms with van der Waals surface area (Å²) in [6.45, 7) is 4.71. The van der Waals surface area contributed by atoms with Crippen molar-refractivity contribution in [2.24, 2.45) is 0 Å². The van der Waals surface area contributed by atoms with Crippen LogP contribution in [0.4, 0.5) is 0 Å². The summed E-state index contributed by atoms with van der Waals surface area (Å²) in [6.07, 6.45) is 0.177. The van der Waals surface area contributed by atoms with Gasteiger partial charge in [-0.05, 0) is 22.3 Å². The Morgan fingerprint density at radius 2 is 2.06 bits per heavy atom. The molecule has 1 fully saturated rings. The standard InChI is InChI=1S/C19H27N5O6S2/c1-4-22(5-2)24(29)21(3)30-10-12-11-32-18-15(17(26)23(18)16(12)19(27)28)20-14(25)9-13-7-6-8-31-13/h6-8,15,18,29H,4-5,9-11H2,1-3H3,(H,20,25)(H,27,28). The molecule has 3 N–H and O–H groups in total. The zero-order valence-corrected chi connectivity index (χ0v) is 19.7. The fourth-order valence-electron chi connectivity index (χ4n) is 3.47. The fraction of sp³-hybridized carbons (Fsp3) is 0.526. The number of aliphatic carboxylic acids is 1. The van der Waals surface area contributed by atoms with Gasteiger partial charge >= 0.3 is 5.97 Å². The Morgan fingerprint density at radius 1 is 1.34 bits per heavy atom. The Balaban J connectivity index is 1.64. The highest BCUT2D eigenvalue weighted by molar-refractivity contribution is 8.00. The Hall–Kier alpha value is -2.00. The number of amides is 2. The molecule has 1 saturated heterocycles. The summed E-state index contributed by atoms with van der Waals surface area (Å²) < 4.78 is 0. The zero-order chi connectivity index (χ0) is 23.4. The van der Waals surface area contributed by atoms with Crippen LogP contribution in [0.15, 0.2) is 28.8 Å². The van der Waals surface area contributed by atoms with E-state index in [2.05, 4.69) is 5.32 Å². The summed E-state index contributed by atoms with van der Waals surface area (Å²) in [6, 6.07) is 2.93. The molecule has 2 unspecified atom stereocenters. The quantitative estimate of drug-likeness (QED) is 0.305. The van der Waals surface area contributed by atoms with Crippen LogP contribution in [-0.2, 0) is 25.6 Å². The van der Waals surface area contributed by atoms with E-state index in [1.165, 1.54) is 35.0 Å². The monoisotopic (exact) mass is 485 g/mol. The van der Waals surface area contributed by atoms with Crippen LogP contribution in [0.2, 0.25) is 0 Å². The maximum absolute atomic E-state index is 12.7. The molecule has 0 spiro atoms. The molecule has 0 aliphatic carbocycles. The number of carbonyl (C=O) groups is 3. The Kier molecular flexibility index (Phi) is 8.27. The van der Waals surface area contributed by atoms with Crippen molar-refractivity contribution in [2.75, 3.05) is 32.5 Å². The lowest BCUT2D eigenvalue weighted by atomic mass is 10.0. The van der Waals surface area contributed by atoms with E-state index in [0.29, 0.717) is 24.4 Å². The van der Waals surface area contributed by atoms with Crippen molar-refractivity contribution in [1.29, 1.82) is 0 Å². The van der Waals surface area contributed by atoms with Gasteiger partial charge < -0.3 is 10.4 Å². The molecular weight excluding hydrogens is 458 g/mol. The minimum Gasteiger partial charge on any atom is -0.477 e. The second-order valence-electron chi connectivity index (χ2n) is 7.11. The maximum Gasteiger partial charge on any atom is 0.352 e. The molecular formula is C19H27N5O6S2. The van der Waals surface area contributed by atoms with Crippen molar-refractivity contribution in [3.05, 3.63) is 33.7 Å². The first-order valence-electron chi connectivity index (χ1n) is 10.1. The predicted molar refractivity (Wildman–Crippen MR) is 118 cm³/mol. The third-order valence-corrected chi connectivity index (χ3v) is 7.36. The zero-order valence-electron chi connectivity index (χ0n) is 18.1. The van der Waals surface area contributed by atoms with E-state index >= 15 is 0 Å². The third-order valence-electron chi connectivity index (χ3n) is 5.14. The molecule has 11 nitrogen and oxygen atoms in total. The van der Waals surface area contributed by atoms with Gasteiger partial charge in [0.15, 0.2) is 0 Å². The van der Waals surface area contributed by atoms with Crippen molar-refractivity contribution in [3.63, 3.8) is 0 Å². The van der Waals surface area contributed by atoms with Crippen molar-refractivity contribution in [1.82, 2.24) is 25.7 Å². The molecule has 3 heterocycles. The summed E-state index contributed by atoms with van der Waals surface area (Å²) in [5.41, 5.74) is 0.276. The van der Waals surface area contributed by atoms with Gasteiger partial charge in [0, 0.05) is 30.8 Å². The first kappa shape index (κ1) is 24.6. The molecule has 2 amide bonds. The van der Waals surface area contributed by atoms with Gasteiger partial charge in [0.25, 0.3) is 5.91 Å². The first-order valence-corrected chi connectivity index (χ1v) is 12.0. The number of carboxylic acid groups (broad SMARTS) is 1. The van der Waals surface area contributed by atoms with Crippen LogP contribution in [0.3, 0.4) is 0 Å². The van der Waals surface area contributed by atoms with E-state index < -0.39 is 23.3 Å². The van der Waals surface area contributed by atoms with Crippen molar-refractivity contribution in [2.45, 2.75) is 31.7 Å². The molecule has 13 heteroatoms. The predicted octanol–water partition coefficient (Wildman–Crippen LogP) is 0.756. The van der Waals surface area contributed by atoms with E-state index in [1.807, 2.05) is 31.4 Å². The van der Waals surface area contributed by atoms with Gasteiger partial charge in [-0.1, -0.05) is 25.1 Å². The third kappa shape index (κ3) is 5.14. The molecule has 32 heavy (non-hydrogen) atoms. The second kappa shape index (κ2) is 10.7. The number of β-lactam (4-membered cyclic amide) rings is 1. The van der Waals surface area contributed by atoms with Crippen LogP contribution in [0.25, 0.3) is 0 Å². The number of nitrogens with zero attached hydrogens (tertiary/aromatic N) is 4.